The molecule has 0 saturated carbocycles. The first-order valence-corrected chi connectivity index (χ1v) is 11.0. The van der Waals surface area contributed by atoms with Crippen molar-refractivity contribution >= 4 is 17.4 Å². The molecule has 0 radical (unpaired) electrons. The Morgan fingerprint density at radius 2 is 1.91 bits per heavy atom. The van der Waals surface area contributed by atoms with E-state index in [2.05, 4.69) is 4.98 Å². The molecular formula is C26H27N3O4. The number of rotatable bonds is 8. The van der Waals surface area contributed by atoms with Crippen molar-refractivity contribution in [3.8, 4) is 5.75 Å². The van der Waals surface area contributed by atoms with Gasteiger partial charge < -0.3 is 19.3 Å². The Morgan fingerprint density at radius 3 is 2.61 bits per heavy atom. The lowest BCUT2D eigenvalue weighted by Gasteiger charge is -2.25. The van der Waals surface area contributed by atoms with Crippen molar-refractivity contribution in [3.63, 3.8) is 0 Å². The summed E-state index contributed by atoms with van der Waals surface area (Å²) in [5, 5.41) is 11.1. The van der Waals surface area contributed by atoms with Crippen molar-refractivity contribution in [1.29, 1.82) is 0 Å². The Bertz CT molecular complexity index is 1170. The van der Waals surface area contributed by atoms with E-state index in [0.717, 1.165) is 11.1 Å². The number of likely N-dealkylation sites (tertiary alicyclic amines) is 1. The molecule has 1 amide bonds. The van der Waals surface area contributed by atoms with Gasteiger partial charge in [-0.25, -0.2) is 4.98 Å². The van der Waals surface area contributed by atoms with Gasteiger partial charge in [-0.3, -0.25) is 9.59 Å². The van der Waals surface area contributed by atoms with E-state index >= 15 is 0 Å². The van der Waals surface area contributed by atoms with E-state index in [1.807, 2.05) is 61.0 Å². The molecule has 2 aromatic carbocycles. The van der Waals surface area contributed by atoms with Crippen molar-refractivity contribution in [2.45, 2.75) is 32.9 Å². The molecule has 1 aliphatic rings. The molecule has 1 aromatic heterocycles. The fourth-order valence-corrected chi connectivity index (χ4v) is 4.11. The molecule has 3 aromatic rings. The number of imidazole rings is 1. The van der Waals surface area contributed by atoms with Gasteiger partial charge in [0.25, 0.3) is 11.7 Å². The average molecular weight is 446 g/mol. The number of amides is 1. The predicted molar refractivity (Wildman–Crippen MR) is 125 cm³/mol. The second kappa shape index (κ2) is 9.73. The molecule has 1 saturated heterocycles. The lowest BCUT2D eigenvalue weighted by atomic mass is 9.95. The molecule has 4 rings (SSSR count). The van der Waals surface area contributed by atoms with Gasteiger partial charge in [0, 0.05) is 31.0 Å². The van der Waals surface area contributed by atoms with E-state index < -0.39 is 17.7 Å². The number of ether oxygens (including phenoxy) is 1. The fourth-order valence-electron chi connectivity index (χ4n) is 4.11. The number of carbonyl (C=O) groups is 2. The molecule has 1 unspecified atom stereocenters. The summed E-state index contributed by atoms with van der Waals surface area (Å²) in [6, 6.07) is 13.9. The molecule has 0 bridgehead atoms. The van der Waals surface area contributed by atoms with Gasteiger partial charge >= 0.3 is 0 Å². The summed E-state index contributed by atoms with van der Waals surface area (Å²) in [7, 11) is 0. The Balaban J connectivity index is 1.74. The number of aliphatic hydroxyl groups is 1. The number of aromatic nitrogens is 2. The van der Waals surface area contributed by atoms with Crippen LogP contribution in [0.1, 0.15) is 36.1 Å². The van der Waals surface area contributed by atoms with Gasteiger partial charge in [-0.2, -0.15) is 0 Å². The number of benzene rings is 2. The summed E-state index contributed by atoms with van der Waals surface area (Å²) in [5.74, 6) is -0.810. The molecule has 0 spiro atoms. The maximum absolute atomic E-state index is 13.1. The first-order chi connectivity index (χ1) is 16.0. The van der Waals surface area contributed by atoms with Gasteiger partial charge in [0.2, 0.25) is 0 Å². The normalized spacial score (nSPS) is 17.5. The number of hydrogen-bond acceptors (Lipinski definition) is 5. The number of nitrogens with zero attached hydrogens (tertiary/aromatic N) is 3. The summed E-state index contributed by atoms with van der Waals surface area (Å²) in [6.45, 7) is 5.36. The molecule has 1 N–H and O–H groups in total. The Morgan fingerprint density at radius 1 is 1.12 bits per heavy atom. The van der Waals surface area contributed by atoms with Crippen molar-refractivity contribution in [2.75, 3.05) is 13.2 Å². The summed E-state index contributed by atoms with van der Waals surface area (Å²) < 4.78 is 7.57. The summed E-state index contributed by atoms with van der Waals surface area (Å²) >= 11 is 0. The van der Waals surface area contributed by atoms with E-state index in [-0.39, 0.29) is 11.3 Å². The number of Topliss-reactive ketones (excluding diaryl/α,β-unsaturated/α-hetero) is 1. The van der Waals surface area contributed by atoms with Gasteiger partial charge in [0.05, 0.1) is 24.5 Å². The van der Waals surface area contributed by atoms with Crippen LogP contribution in [0.4, 0.5) is 0 Å². The van der Waals surface area contributed by atoms with Gasteiger partial charge in [0.1, 0.15) is 11.5 Å². The molecule has 2 heterocycles. The van der Waals surface area contributed by atoms with Crippen LogP contribution in [0.2, 0.25) is 0 Å². The Labute approximate surface area is 192 Å². The lowest BCUT2D eigenvalue weighted by molar-refractivity contribution is -0.139. The van der Waals surface area contributed by atoms with Crippen LogP contribution in [0.15, 0.2) is 72.8 Å². The van der Waals surface area contributed by atoms with Crippen molar-refractivity contribution in [2.24, 2.45) is 0 Å². The van der Waals surface area contributed by atoms with Crippen molar-refractivity contribution in [1.82, 2.24) is 14.5 Å². The van der Waals surface area contributed by atoms with Gasteiger partial charge in [-0.1, -0.05) is 42.0 Å². The number of ketones is 1. The van der Waals surface area contributed by atoms with E-state index in [0.29, 0.717) is 37.4 Å². The van der Waals surface area contributed by atoms with Gasteiger partial charge in [-0.15, -0.1) is 0 Å². The Kier molecular flexibility index (Phi) is 6.58. The number of carbonyl (C=O) groups excluding carboxylic acids is 2. The lowest BCUT2D eigenvalue weighted by Crippen LogP contribution is -2.31. The van der Waals surface area contributed by atoms with Crippen LogP contribution >= 0.6 is 0 Å². The second-order valence-corrected chi connectivity index (χ2v) is 8.02. The number of aliphatic hydroxyl groups excluding tert-OH is 1. The van der Waals surface area contributed by atoms with Crippen LogP contribution in [0.3, 0.4) is 0 Å². The minimum Gasteiger partial charge on any atom is -0.507 e. The smallest absolute Gasteiger partial charge is 0.295 e. The summed E-state index contributed by atoms with van der Waals surface area (Å²) in [5.41, 5.74) is 2.35. The molecule has 1 aliphatic heterocycles. The molecule has 1 fully saturated rings. The van der Waals surface area contributed by atoms with Crippen LogP contribution in [0.25, 0.3) is 5.76 Å². The largest absolute Gasteiger partial charge is 0.507 e. The molecule has 7 heteroatoms. The highest BCUT2D eigenvalue weighted by atomic mass is 16.5. The third kappa shape index (κ3) is 4.67. The highest BCUT2D eigenvalue weighted by Gasteiger charge is 2.45. The SMILES string of the molecule is CCOc1cccc(C2/C(=C(\O)c3ccc(C)cc3)C(=O)C(=O)N2CCCn2ccnc2)c1. The first-order valence-electron chi connectivity index (χ1n) is 11.0. The molecule has 33 heavy (non-hydrogen) atoms. The third-order valence-electron chi connectivity index (χ3n) is 5.72. The fraction of sp³-hybridized carbons (Fsp3) is 0.269. The van der Waals surface area contributed by atoms with Crippen LogP contribution in [0, 0.1) is 6.92 Å². The first kappa shape index (κ1) is 22.3. The molecule has 170 valence electrons. The third-order valence-corrected chi connectivity index (χ3v) is 5.72. The maximum Gasteiger partial charge on any atom is 0.295 e. The van der Waals surface area contributed by atoms with E-state index in [1.165, 1.54) is 0 Å². The zero-order valence-electron chi connectivity index (χ0n) is 18.8. The predicted octanol–water partition coefficient (Wildman–Crippen LogP) is 4.10. The van der Waals surface area contributed by atoms with E-state index in [9.17, 15) is 14.7 Å². The summed E-state index contributed by atoms with van der Waals surface area (Å²) in [4.78, 5) is 31.8. The maximum atomic E-state index is 13.1. The molecule has 1 atom stereocenters. The van der Waals surface area contributed by atoms with E-state index in [4.69, 9.17) is 4.74 Å². The summed E-state index contributed by atoms with van der Waals surface area (Å²) in [6.07, 6.45) is 5.91. The average Bonchev–Trinajstić information content (AvgIpc) is 3.42. The van der Waals surface area contributed by atoms with Crippen molar-refractivity contribution < 1.29 is 19.4 Å². The minimum absolute atomic E-state index is 0.0973. The van der Waals surface area contributed by atoms with Gasteiger partial charge in [-0.05, 0) is 38.0 Å². The van der Waals surface area contributed by atoms with Crippen LogP contribution in [-0.4, -0.2) is 44.4 Å². The zero-order chi connectivity index (χ0) is 23.4. The molecular weight excluding hydrogens is 418 g/mol. The standard InChI is InChI=1S/C26H27N3O4/c1-3-33-21-7-4-6-20(16-21)23-22(24(30)19-10-8-18(2)9-11-19)25(31)26(32)29(23)14-5-13-28-15-12-27-17-28/h4,6-12,15-17,23,30H,3,5,13-14H2,1-2H3/b24-22+. The molecule has 7 nitrogen and oxygen atoms in total. The second-order valence-electron chi connectivity index (χ2n) is 8.02. The number of hydrogen-bond donors (Lipinski definition) is 1. The Hall–Kier alpha value is -3.87. The van der Waals surface area contributed by atoms with E-state index in [1.54, 1.807) is 29.6 Å². The zero-order valence-corrected chi connectivity index (χ0v) is 18.8. The monoisotopic (exact) mass is 445 g/mol. The molecule has 0 aliphatic carbocycles. The van der Waals surface area contributed by atoms with Crippen molar-refractivity contribution in [3.05, 3.63) is 89.5 Å². The highest BCUT2D eigenvalue weighted by molar-refractivity contribution is 6.46. The van der Waals surface area contributed by atoms with Crippen LogP contribution in [-0.2, 0) is 16.1 Å². The topological polar surface area (TPSA) is 84.7 Å². The number of aryl methyl sites for hydroxylation is 2. The quantitative estimate of drug-likeness (QED) is 0.321. The highest BCUT2D eigenvalue weighted by Crippen LogP contribution is 2.40. The minimum atomic E-state index is -0.700. The van der Waals surface area contributed by atoms with Crippen LogP contribution < -0.4 is 4.74 Å². The van der Waals surface area contributed by atoms with Gasteiger partial charge in [0.15, 0.2) is 0 Å². The van der Waals surface area contributed by atoms with Crippen LogP contribution in [0.5, 0.6) is 5.75 Å².